The molecule has 0 saturated carbocycles. The number of esters is 1. The molecule has 2 atom stereocenters. The lowest BCUT2D eigenvalue weighted by atomic mass is 9.97. The van der Waals surface area contributed by atoms with Gasteiger partial charge in [-0.15, -0.1) is 0 Å². The summed E-state index contributed by atoms with van der Waals surface area (Å²) in [5.74, 6) is -0.386. The number of rotatable bonds is 5. The van der Waals surface area contributed by atoms with E-state index in [0.29, 0.717) is 13.0 Å². The molecule has 0 aliphatic carbocycles. The van der Waals surface area contributed by atoms with E-state index < -0.39 is 18.1 Å². The Balaban J connectivity index is 1.63. The predicted molar refractivity (Wildman–Crippen MR) is 101 cm³/mol. The van der Waals surface area contributed by atoms with E-state index >= 15 is 0 Å². The quantitative estimate of drug-likeness (QED) is 0.743. The number of likely N-dealkylation sites (tertiary alicyclic amines) is 1. The molecule has 136 valence electrons. The van der Waals surface area contributed by atoms with Crippen LogP contribution < -0.4 is 0 Å². The Kier molecular flexibility index (Phi) is 5.93. The number of carbonyl (C=O) groups is 2. The van der Waals surface area contributed by atoms with Gasteiger partial charge >= 0.3 is 12.1 Å². The van der Waals surface area contributed by atoms with Crippen molar-refractivity contribution in [2.75, 3.05) is 6.54 Å². The van der Waals surface area contributed by atoms with Crippen molar-refractivity contribution in [3.8, 4) is 0 Å². The van der Waals surface area contributed by atoms with Crippen molar-refractivity contribution in [2.24, 2.45) is 5.92 Å². The zero-order valence-electron chi connectivity index (χ0n) is 14.2. The van der Waals surface area contributed by atoms with Crippen LogP contribution in [0.2, 0.25) is 0 Å². The summed E-state index contributed by atoms with van der Waals surface area (Å²) in [6.07, 6.45) is 0.126. The fraction of sp³-hybridized carbons (Fsp3) is 0.300. The van der Waals surface area contributed by atoms with Gasteiger partial charge in [-0.2, -0.15) is 0 Å². The molecule has 2 aromatic rings. The van der Waals surface area contributed by atoms with Gasteiger partial charge in [0.05, 0.1) is 0 Å². The highest BCUT2D eigenvalue weighted by atomic mass is 79.9. The maximum Gasteiger partial charge on any atom is 0.408 e. The van der Waals surface area contributed by atoms with E-state index in [1.807, 2.05) is 54.6 Å². The molecule has 1 N–H and O–H groups in total. The van der Waals surface area contributed by atoms with E-state index in [4.69, 9.17) is 4.74 Å². The molecule has 1 amide bonds. The largest absolute Gasteiger partial charge is 0.465 e. The lowest BCUT2D eigenvalue weighted by molar-refractivity contribution is -0.149. The SMILES string of the molecule is O=C(OCc1ccccc1)[C@H]1C[C@H](Cc2cccc(Br)c2)CN1C(=O)O. The van der Waals surface area contributed by atoms with Crippen LogP contribution in [0, 0.1) is 5.92 Å². The molecular formula is C20H20BrNO4. The molecule has 0 aromatic heterocycles. The third-order valence-electron chi connectivity index (χ3n) is 4.54. The molecule has 6 heteroatoms. The first-order chi connectivity index (χ1) is 12.5. The lowest BCUT2D eigenvalue weighted by Crippen LogP contribution is -2.40. The van der Waals surface area contributed by atoms with E-state index in [0.717, 1.165) is 22.0 Å². The number of benzene rings is 2. The first-order valence-electron chi connectivity index (χ1n) is 8.47. The summed E-state index contributed by atoms with van der Waals surface area (Å²) in [7, 11) is 0. The Morgan fingerprint density at radius 1 is 1.12 bits per heavy atom. The van der Waals surface area contributed by atoms with Gasteiger partial charge < -0.3 is 9.84 Å². The van der Waals surface area contributed by atoms with Crippen molar-refractivity contribution in [3.63, 3.8) is 0 Å². The van der Waals surface area contributed by atoms with Crippen molar-refractivity contribution < 1.29 is 19.4 Å². The number of carbonyl (C=O) groups excluding carboxylic acids is 1. The molecule has 1 fully saturated rings. The molecular weight excluding hydrogens is 398 g/mol. The van der Waals surface area contributed by atoms with Crippen molar-refractivity contribution in [2.45, 2.75) is 25.5 Å². The van der Waals surface area contributed by atoms with Gasteiger partial charge in [0.15, 0.2) is 0 Å². The number of carboxylic acid groups (broad SMARTS) is 1. The van der Waals surface area contributed by atoms with Gasteiger partial charge in [-0.3, -0.25) is 4.90 Å². The summed E-state index contributed by atoms with van der Waals surface area (Å²) in [5, 5.41) is 9.46. The second kappa shape index (κ2) is 8.36. The highest BCUT2D eigenvalue weighted by Crippen LogP contribution is 2.28. The van der Waals surface area contributed by atoms with Crippen molar-refractivity contribution in [1.82, 2.24) is 4.90 Å². The normalized spacial score (nSPS) is 19.3. The molecule has 2 aromatic carbocycles. The van der Waals surface area contributed by atoms with E-state index in [9.17, 15) is 14.7 Å². The monoisotopic (exact) mass is 417 g/mol. The number of hydrogen-bond acceptors (Lipinski definition) is 3. The zero-order valence-corrected chi connectivity index (χ0v) is 15.8. The fourth-order valence-electron chi connectivity index (χ4n) is 3.33. The topological polar surface area (TPSA) is 66.8 Å². The van der Waals surface area contributed by atoms with Crippen LogP contribution in [0.5, 0.6) is 0 Å². The van der Waals surface area contributed by atoms with Crippen LogP contribution in [-0.4, -0.2) is 34.7 Å². The summed E-state index contributed by atoms with van der Waals surface area (Å²) in [6.45, 7) is 0.493. The number of hydrogen-bond donors (Lipinski definition) is 1. The Labute approximate surface area is 160 Å². The second-order valence-electron chi connectivity index (χ2n) is 6.48. The molecule has 0 radical (unpaired) electrons. The third-order valence-corrected chi connectivity index (χ3v) is 5.04. The van der Waals surface area contributed by atoms with Crippen LogP contribution in [0.3, 0.4) is 0 Å². The summed E-state index contributed by atoms with van der Waals surface area (Å²) in [6, 6.07) is 16.6. The van der Waals surface area contributed by atoms with Crippen LogP contribution >= 0.6 is 15.9 Å². The molecule has 3 rings (SSSR count). The summed E-state index contributed by atoms with van der Waals surface area (Å²) < 4.78 is 6.35. The van der Waals surface area contributed by atoms with E-state index in [1.165, 1.54) is 4.90 Å². The minimum Gasteiger partial charge on any atom is -0.465 e. The molecule has 5 nitrogen and oxygen atoms in total. The molecule has 26 heavy (non-hydrogen) atoms. The average Bonchev–Trinajstić information content (AvgIpc) is 3.05. The van der Waals surface area contributed by atoms with Crippen LogP contribution in [-0.2, 0) is 22.6 Å². The Morgan fingerprint density at radius 2 is 1.85 bits per heavy atom. The molecule has 0 unspecified atom stereocenters. The predicted octanol–water partition coefficient (Wildman–Crippen LogP) is 4.10. The summed E-state index contributed by atoms with van der Waals surface area (Å²) in [5.41, 5.74) is 2.00. The van der Waals surface area contributed by atoms with Gasteiger partial charge in [-0.05, 0) is 42.0 Å². The minimum atomic E-state index is -1.08. The molecule has 0 bridgehead atoms. The molecule has 1 aliphatic rings. The van der Waals surface area contributed by atoms with Gasteiger partial charge in [0.2, 0.25) is 0 Å². The van der Waals surface area contributed by atoms with Gasteiger partial charge in [-0.1, -0.05) is 58.4 Å². The molecule has 1 aliphatic heterocycles. The Hall–Kier alpha value is -2.34. The fourth-order valence-corrected chi connectivity index (χ4v) is 3.77. The van der Waals surface area contributed by atoms with Crippen LogP contribution in [0.25, 0.3) is 0 Å². The number of nitrogens with zero attached hydrogens (tertiary/aromatic N) is 1. The van der Waals surface area contributed by atoms with E-state index in [1.54, 1.807) is 0 Å². The standard InChI is InChI=1S/C20H20BrNO4/c21-17-8-4-7-15(10-17)9-16-11-18(22(12-16)20(24)25)19(23)26-13-14-5-2-1-3-6-14/h1-8,10,16,18H,9,11-13H2,(H,24,25)/t16-,18+/m0/s1. The maximum atomic E-state index is 12.5. The Bertz CT molecular complexity index is 780. The maximum absolute atomic E-state index is 12.5. The highest BCUT2D eigenvalue weighted by molar-refractivity contribution is 9.10. The number of halogens is 1. The minimum absolute atomic E-state index is 0.0923. The second-order valence-corrected chi connectivity index (χ2v) is 7.40. The highest BCUT2D eigenvalue weighted by Gasteiger charge is 2.40. The molecule has 1 heterocycles. The first kappa shape index (κ1) is 18.5. The first-order valence-corrected chi connectivity index (χ1v) is 9.27. The van der Waals surface area contributed by atoms with Gasteiger partial charge in [0.25, 0.3) is 0 Å². The Morgan fingerprint density at radius 3 is 2.54 bits per heavy atom. The molecule has 0 spiro atoms. The van der Waals surface area contributed by atoms with Crippen LogP contribution in [0.4, 0.5) is 4.79 Å². The molecule has 1 saturated heterocycles. The van der Waals surface area contributed by atoms with Gasteiger partial charge in [0.1, 0.15) is 12.6 Å². The summed E-state index contributed by atoms with van der Waals surface area (Å²) in [4.78, 5) is 25.2. The average molecular weight is 418 g/mol. The van der Waals surface area contributed by atoms with Gasteiger partial charge in [-0.25, -0.2) is 9.59 Å². The smallest absolute Gasteiger partial charge is 0.408 e. The zero-order chi connectivity index (χ0) is 18.5. The lowest BCUT2D eigenvalue weighted by Gasteiger charge is -2.19. The summed E-state index contributed by atoms with van der Waals surface area (Å²) >= 11 is 3.45. The van der Waals surface area contributed by atoms with Crippen LogP contribution in [0.1, 0.15) is 17.5 Å². The van der Waals surface area contributed by atoms with E-state index in [2.05, 4.69) is 15.9 Å². The number of ether oxygens (including phenoxy) is 1. The van der Waals surface area contributed by atoms with Crippen molar-refractivity contribution in [3.05, 3.63) is 70.2 Å². The number of amides is 1. The third kappa shape index (κ3) is 4.64. The van der Waals surface area contributed by atoms with Gasteiger partial charge in [0, 0.05) is 11.0 Å². The van der Waals surface area contributed by atoms with E-state index in [-0.39, 0.29) is 12.5 Å². The van der Waals surface area contributed by atoms with Crippen molar-refractivity contribution >= 4 is 28.0 Å². The van der Waals surface area contributed by atoms with Crippen LogP contribution in [0.15, 0.2) is 59.1 Å². The van der Waals surface area contributed by atoms with Crippen molar-refractivity contribution in [1.29, 1.82) is 0 Å².